The standard InChI is InChI=1S/C20H26N2O4S/c1-15-6-4-5-13-22(15)27(24,25)19-11-8-17(9-12-19)20(23)21(3)14-18-10-7-16(2)26-18/h7-12,15H,4-6,13-14H2,1-3H3/t15-/m0/s1. The van der Waals surface area contributed by atoms with E-state index in [4.69, 9.17) is 4.42 Å². The van der Waals surface area contributed by atoms with Gasteiger partial charge in [-0.3, -0.25) is 4.79 Å². The molecule has 1 aliphatic rings. The van der Waals surface area contributed by atoms with E-state index in [-0.39, 0.29) is 16.8 Å². The van der Waals surface area contributed by atoms with Crippen LogP contribution < -0.4 is 0 Å². The highest BCUT2D eigenvalue weighted by molar-refractivity contribution is 7.89. The Labute approximate surface area is 160 Å². The van der Waals surface area contributed by atoms with Crippen molar-refractivity contribution < 1.29 is 17.6 Å². The second-order valence-corrected chi connectivity index (χ2v) is 9.05. The predicted molar refractivity (Wildman–Crippen MR) is 103 cm³/mol. The van der Waals surface area contributed by atoms with Crippen molar-refractivity contribution in [1.29, 1.82) is 0 Å². The number of furan rings is 1. The molecule has 1 aromatic heterocycles. The van der Waals surface area contributed by atoms with Gasteiger partial charge in [0.25, 0.3) is 5.91 Å². The first-order valence-corrected chi connectivity index (χ1v) is 10.7. The lowest BCUT2D eigenvalue weighted by Crippen LogP contribution is -2.41. The van der Waals surface area contributed by atoms with Crippen molar-refractivity contribution in [3.05, 3.63) is 53.5 Å². The quantitative estimate of drug-likeness (QED) is 0.784. The van der Waals surface area contributed by atoms with E-state index in [9.17, 15) is 13.2 Å². The molecule has 1 amide bonds. The Morgan fingerprint density at radius 1 is 1.19 bits per heavy atom. The molecule has 0 N–H and O–H groups in total. The molecule has 2 heterocycles. The topological polar surface area (TPSA) is 70.8 Å². The molecule has 0 aliphatic carbocycles. The fourth-order valence-corrected chi connectivity index (χ4v) is 5.13. The summed E-state index contributed by atoms with van der Waals surface area (Å²) in [5.41, 5.74) is 0.450. The summed E-state index contributed by atoms with van der Waals surface area (Å²) >= 11 is 0. The molecule has 0 saturated carbocycles. The maximum Gasteiger partial charge on any atom is 0.254 e. The minimum Gasteiger partial charge on any atom is -0.464 e. The summed E-state index contributed by atoms with van der Waals surface area (Å²) in [5, 5.41) is 0. The third-order valence-electron chi connectivity index (χ3n) is 4.99. The molecule has 1 aliphatic heterocycles. The van der Waals surface area contributed by atoms with Gasteiger partial charge in [-0.2, -0.15) is 4.31 Å². The van der Waals surface area contributed by atoms with Gasteiger partial charge < -0.3 is 9.32 Å². The van der Waals surface area contributed by atoms with E-state index < -0.39 is 10.0 Å². The Morgan fingerprint density at radius 2 is 1.89 bits per heavy atom. The second kappa shape index (κ2) is 7.86. The largest absolute Gasteiger partial charge is 0.464 e. The highest BCUT2D eigenvalue weighted by Crippen LogP contribution is 2.25. The van der Waals surface area contributed by atoms with Gasteiger partial charge in [0, 0.05) is 25.2 Å². The van der Waals surface area contributed by atoms with Gasteiger partial charge >= 0.3 is 0 Å². The molecule has 2 aromatic rings. The van der Waals surface area contributed by atoms with Gasteiger partial charge in [-0.25, -0.2) is 8.42 Å². The first-order valence-electron chi connectivity index (χ1n) is 9.22. The summed E-state index contributed by atoms with van der Waals surface area (Å²) in [5.74, 6) is 1.33. The molecule has 1 atom stereocenters. The average Bonchev–Trinajstić information content (AvgIpc) is 3.06. The molecule has 0 unspecified atom stereocenters. The molecule has 7 heteroatoms. The van der Waals surface area contributed by atoms with Crippen LogP contribution in [0.4, 0.5) is 0 Å². The maximum absolute atomic E-state index is 12.9. The van der Waals surface area contributed by atoms with E-state index in [0.29, 0.717) is 24.4 Å². The van der Waals surface area contributed by atoms with Crippen LogP contribution in [-0.4, -0.2) is 43.2 Å². The number of carbonyl (C=O) groups is 1. The second-order valence-electron chi connectivity index (χ2n) is 7.16. The van der Waals surface area contributed by atoms with Gasteiger partial charge in [0.2, 0.25) is 10.0 Å². The van der Waals surface area contributed by atoms with Crippen molar-refractivity contribution in [2.45, 2.75) is 50.6 Å². The lowest BCUT2D eigenvalue weighted by molar-refractivity contribution is 0.0775. The van der Waals surface area contributed by atoms with E-state index >= 15 is 0 Å². The molecule has 0 radical (unpaired) electrons. The number of benzene rings is 1. The first kappa shape index (κ1) is 19.6. The summed E-state index contributed by atoms with van der Waals surface area (Å²) in [6.07, 6.45) is 2.83. The molecule has 3 rings (SSSR count). The Kier molecular flexibility index (Phi) is 5.72. The third-order valence-corrected chi connectivity index (χ3v) is 7.01. The number of aryl methyl sites for hydroxylation is 1. The van der Waals surface area contributed by atoms with Gasteiger partial charge in [-0.15, -0.1) is 0 Å². The van der Waals surface area contributed by atoms with Crippen molar-refractivity contribution in [3.8, 4) is 0 Å². The monoisotopic (exact) mass is 390 g/mol. The summed E-state index contributed by atoms with van der Waals surface area (Å²) in [6.45, 7) is 4.71. The van der Waals surface area contributed by atoms with Crippen molar-refractivity contribution in [3.63, 3.8) is 0 Å². The summed E-state index contributed by atoms with van der Waals surface area (Å²) in [6, 6.07) is 9.90. The van der Waals surface area contributed by atoms with Crippen molar-refractivity contribution in [2.24, 2.45) is 0 Å². The minimum atomic E-state index is -3.53. The fourth-order valence-electron chi connectivity index (χ4n) is 3.43. The number of hydrogen-bond donors (Lipinski definition) is 0. The van der Waals surface area contributed by atoms with Crippen LogP contribution in [0, 0.1) is 6.92 Å². The van der Waals surface area contributed by atoms with Crippen LogP contribution in [0.15, 0.2) is 45.7 Å². The summed E-state index contributed by atoms with van der Waals surface area (Å²) in [7, 11) is -1.83. The van der Waals surface area contributed by atoms with Crippen molar-refractivity contribution in [2.75, 3.05) is 13.6 Å². The number of carbonyl (C=O) groups excluding carboxylic acids is 1. The normalized spacial score (nSPS) is 18.4. The molecule has 0 spiro atoms. The fraction of sp³-hybridized carbons (Fsp3) is 0.450. The highest BCUT2D eigenvalue weighted by Gasteiger charge is 2.31. The number of rotatable bonds is 5. The van der Waals surface area contributed by atoms with E-state index in [1.807, 2.05) is 26.0 Å². The third kappa shape index (κ3) is 4.25. The van der Waals surface area contributed by atoms with Crippen LogP contribution >= 0.6 is 0 Å². The van der Waals surface area contributed by atoms with Gasteiger partial charge in [-0.1, -0.05) is 6.42 Å². The molecule has 27 heavy (non-hydrogen) atoms. The average molecular weight is 391 g/mol. The van der Waals surface area contributed by atoms with Gasteiger partial charge in [0.05, 0.1) is 11.4 Å². The van der Waals surface area contributed by atoms with E-state index in [0.717, 1.165) is 25.0 Å². The zero-order valence-corrected chi connectivity index (χ0v) is 16.8. The summed E-state index contributed by atoms with van der Waals surface area (Å²) in [4.78, 5) is 14.4. The summed E-state index contributed by atoms with van der Waals surface area (Å²) < 4.78 is 32.8. The molecule has 1 saturated heterocycles. The molecular weight excluding hydrogens is 364 g/mol. The SMILES string of the molecule is Cc1ccc(CN(C)C(=O)c2ccc(S(=O)(=O)N3CCCC[C@@H]3C)cc2)o1. The van der Waals surface area contributed by atoms with Gasteiger partial charge in [0.1, 0.15) is 11.5 Å². The van der Waals surface area contributed by atoms with Crippen molar-refractivity contribution in [1.82, 2.24) is 9.21 Å². The Bertz CT molecular complexity index is 902. The number of hydrogen-bond acceptors (Lipinski definition) is 4. The zero-order chi connectivity index (χ0) is 19.6. The Hall–Kier alpha value is -2.12. The number of amides is 1. The minimum absolute atomic E-state index is 0.00736. The number of piperidine rings is 1. The van der Waals surface area contributed by atoms with Crippen LogP contribution in [-0.2, 0) is 16.6 Å². The van der Waals surface area contributed by atoms with Crippen LogP contribution in [0.5, 0.6) is 0 Å². The first-order chi connectivity index (χ1) is 12.8. The molecule has 6 nitrogen and oxygen atoms in total. The van der Waals surface area contributed by atoms with Crippen LogP contribution in [0.3, 0.4) is 0 Å². The van der Waals surface area contributed by atoms with Crippen molar-refractivity contribution >= 4 is 15.9 Å². The predicted octanol–water partition coefficient (Wildman–Crippen LogP) is 3.42. The maximum atomic E-state index is 12.9. The van der Waals surface area contributed by atoms with E-state index in [2.05, 4.69) is 0 Å². The highest BCUT2D eigenvalue weighted by atomic mass is 32.2. The smallest absolute Gasteiger partial charge is 0.254 e. The molecule has 0 bridgehead atoms. The Balaban J connectivity index is 1.73. The molecular formula is C20H26N2O4S. The molecule has 146 valence electrons. The van der Waals surface area contributed by atoms with E-state index in [1.165, 1.54) is 12.1 Å². The molecule has 1 fully saturated rings. The van der Waals surface area contributed by atoms with Crippen LogP contribution in [0.25, 0.3) is 0 Å². The number of nitrogens with zero attached hydrogens (tertiary/aromatic N) is 2. The Morgan fingerprint density at radius 3 is 2.48 bits per heavy atom. The lowest BCUT2D eigenvalue weighted by atomic mass is 10.1. The zero-order valence-electron chi connectivity index (χ0n) is 16.0. The molecule has 1 aromatic carbocycles. The number of sulfonamides is 1. The van der Waals surface area contributed by atoms with Gasteiger partial charge in [0.15, 0.2) is 0 Å². The van der Waals surface area contributed by atoms with Gasteiger partial charge in [-0.05, 0) is 63.1 Å². The van der Waals surface area contributed by atoms with Crippen LogP contribution in [0.2, 0.25) is 0 Å². The van der Waals surface area contributed by atoms with E-state index in [1.54, 1.807) is 28.4 Å². The van der Waals surface area contributed by atoms with Crippen LogP contribution in [0.1, 0.15) is 48.1 Å². The lowest BCUT2D eigenvalue weighted by Gasteiger charge is -2.32.